The topological polar surface area (TPSA) is 79.1 Å². The molecule has 0 radical (unpaired) electrons. The second-order valence-corrected chi connectivity index (χ2v) is 11.8. The molecule has 0 unspecified atom stereocenters. The molecule has 2 heterocycles. The standard InChI is InChI=1S/C33H31BrN2O5S/c1-5-39-32(38)29-21(4)35-33-36(30(29)24-13-9-10-14-26(24)41-20(2)3)31(37)28(42-33)18-23-15-16-27(25(34)17-23)40-19-22-11-7-6-8-12-22/h6-18,20,30H,5,19H2,1-4H3/b28-18+/t30-/m1/s1. The van der Waals surface area contributed by atoms with E-state index in [1.165, 1.54) is 11.3 Å². The van der Waals surface area contributed by atoms with Crippen molar-refractivity contribution in [3.63, 3.8) is 0 Å². The molecule has 9 heteroatoms. The van der Waals surface area contributed by atoms with Gasteiger partial charge >= 0.3 is 5.97 Å². The Morgan fingerprint density at radius 1 is 1.07 bits per heavy atom. The first-order valence-electron chi connectivity index (χ1n) is 13.7. The van der Waals surface area contributed by atoms with E-state index in [0.29, 0.717) is 44.3 Å². The molecule has 3 aromatic carbocycles. The number of hydrogen-bond donors (Lipinski definition) is 0. The minimum absolute atomic E-state index is 0.101. The number of halogens is 1. The van der Waals surface area contributed by atoms with Gasteiger partial charge in [0.05, 0.1) is 33.0 Å². The van der Waals surface area contributed by atoms with Gasteiger partial charge in [-0.2, -0.15) is 0 Å². The van der Waals surface area contributed by atoms with Crippen molar-refractivity contribution in [3.8, 4) is 11.5 Å². The van der Waals surface area contributed by atoms with Crippen molar-refractivity contribution in [2.24, 2.45) is 4.99 Å². The van der Waals surface area contributed by atoms with Gasteiger partial charge in [-0.25, -0.2) is 9.79 Å². The van der Waals surface area contributed by atoms with Crippen LogP contribution in [0.15, 0.2) is 98.3 Å². The largest absolute Gasteiger partial charge is 0.491 e. The molecule has 0 amide bonds. The van der Waals surface area contributed by atoms with Crippen molar-refractivity contribution in [2.75, 3.05) is 6.61 Å². The molecule has 7 nitrogen and oxygen atoms in total. The van der Waals surface area contributed by atoms with Crippen molar-refractivity contribution in [3.05, 3.63) is 125 Å². The lowest BCUT2D eigenvalue weighted by molar-refractivity contribution is -0.139. The third-order valence-electron chi connectivity index (χ3n) is 6.58. The summed E-state index contributed by atoms with van der Waals surface area (Å²) in [5.41, 5.74) is 3.16. The van der Waals surface area contributed by atoms with Gasteiger partial charge in [0, 0.05) is 5.56 Å². The maximum Gasteiger partial charge on any atom is 0.338 e. The Labute approximate surface area is 256 Å². The first-order valence-corrected chi connectivity index (χ1v) is 15.3. The number of benzene rings is 3. The maximum absolute atomic E-state index is 14.0. The summed E-state index contributed by atoms with van der Waals surface area (Å²) in [6.45, 7) is 8.05. The molecule has 42 heavy (non-hydrogen) atoms. The molecule has 0 N–H and O–H groups in total. The summed E-state index contributed by atoms with van der Waals surface area (Å²) < 4.78 is 20.4. The summed E-state index contributed by atoms with van der Waals surface area (Å²) in [5, 5.41) is 0. The second kappa shape index (κ2) is 12.9. The van der Waals surface area contributed by atoms with Crippen LogP contribution < -0.4 is 24.4 Å². The van der Waals surface area contributed by atoms with E-state index in [1.54, 1.807) is 18.4 Å². The predicted molar refractivity (Wildman–Crippen MR) is 168 cm³/mol. The number of thiazole rings is 1. The zero-order chi connectivity index (χ0) is 29.8. The first kappa shape index (κ1) is 29.5. The predicted octanol–water partition coefficient (Wildman–Crippen LogP) is 5.93. The average molecular weight is 648 g/mol. The molecule has 0 fully saturated rings. The van der Waals surface area contributed by atoms with E-state index >= 15 is 0 Å². The van der Waals surface area contributed by atoms with E-state index in [9.17, 15) is 9.59 Å². The van der Waals surface area contributed by atoms with E-state index in [0.717, 1.165) is 15.6 Å². The molecule has 4 aromatic rings. The van der Waals surface area contributed by atoms with E-state index in [4.69, 9.17) is 14.2 Å². The molecule has 1 aliphatic rings. The maximum atomic E-state index is 14.0. The van der Waals surface area contributed by atoms with Gasteiger partial charge in [-0.3, -0.25) is 9.36 Å². The third-order valence-corrected chi connectivity index (χ3v) is 8.19. The number of carbonyl (C=O) groups excluding carboxylic acids is 1. The summed E-state index contributed by atoms with van der Waals surface area (Å²) in [6.07, 6.45) is 1.73. The molecular weight excluding hydrogens is 616 g/mol. The van der Waals surface area contributed by atoms with Crippen LogP contribution in [0.2, 0.25) is 0 Å². The number of nitrogens with zero attached hydrogens (tertiary/aromatic N) is 2. The molecule has 1 aliphatic heterocycles. The van der Waals surface area contributed by atoms with Crippen LogP contribution in [0.1, 0.15) is 50.4 Å². The highest BCUT2D eigenvalue weighted by molar-refractivity contribution is 9.10. The molecule has 5 rings (SSSR count). The summed E-state index contributed by atoms with van der Waals surface area (Å²) in [6, 6.07) is 22.4. The second-order valence-electron chi connectivity index (χ2n) is 9.97. The Bertz CT molecular complexity index is 1830. The third kappa shape index (κ3) is 6.27. The molecular formula is C33H31BrN2O5S. The molecule has 1 aromatic heterocycles. The number of ether oxygens (including phenoxy) is 3. The van der Waals surface area contributed by atoms with Crippen LogP contribution in [0, 0.1) is 0 Å². The van der Waals surface area contributed by atoms with Gasteiger partial charge in [0.15, 0.2) is 4.80 Å². The highest BCUT2D eigenvalue weighted by atomic mass is 79.9. The van der Waals surface area contributed by atoms with E-state index < -0.39 is 12.0 Å². The molecule has 0 aliphatic carbocycles. The van der Waals surface area contributed by atoms with Gasteiger partial charge < -0.3 is 14.2 Å². The van der Waals surface area contributed by atoms with Gasteiger partial charge in [0.25, 0.3) is 5.56 Å². The van der Waals surface area contributed by atoms with Crippen LogP contribution in [0.3, 0.4) is 0 Å². The van der Waals surface area contributed by atoms with Crippen LogP contribution in [-0.2, 0) is 16.1 Å². The molecule has 0 saturated carbocycles. The van der Waals surface area contributed by atoms with Gasteiger partial charge in [-0.05, 0) is 79.0 Å². The van der Waals surface area contributed by atoms with Crippen molar-refractivity contribution >= 4 is 39.3 Å². The number of carbonyl (C=O) groups is 1. The number of fused-ring (bicyclic) bond motifs is 1. The van der Waals surface area contributed by atoms with Gasteiger partial charge in [-0.15, -0.1) is 0 Å². The first-order chi connectivity index (χ1) is 20.3. The zero-order valence-corrected chi connectivity index (χ0v) is 26.2. The van der Waals surface area contributed by atoms with Crippen LogP contribution >= 0.6 is 27.3 Å². The van der Waals surface area contributed by atoms with Gasteiger partial charge in [-0.1, -0.05) is 65.9 Å². The minimum atomic E-state index is -0.752. The minimum Gasteiger partial charge on any atom is -0.491 e. The number of rotatable bonds is 9. The van der Waals surface area contributed by atoms with E-state index in [2.05, 4.69) is 20.9 Å². The number of hydrogen-bond acceptors (Lipinski definition) is 7. The van der Waals surface area contributed by atoms with Crippen LogP contribution in [-0.4, -0.2) is 23.2 Å². The summed E-state index contributed by atoms with van der Waals surface area (Å²) in [5.74, 6) is 0.792. The Kier molecular flexibility index (Phi) is 9.09. The Balaban J connectivity index is 1.57. The summed E-state index contributed by atoms with van der Waals surface area (Å²) in [4.78, 5) is 32.4. The molecule has 216 valence electrons. The average Bonchev–Trinajstić information content (AvgIpc) is 3.26. The van der Waals surface area contributed by atoms with E-state index in [-0.39, 0.29) is 18.3 Å². The Hall–Kier alpha value is -3.95. The fourth-order valence-corrected chi connectivity index (χ4v) is 6.32. The fourth-order valence-electron chi connectivity index (χ4n) is 4.76. The summed E-state index contributed by atoms with van der Waals surface area (Å²) >= 11 is 4.89. The lowest BCUT2D eigenvalue weighted by Crippen LogP contribution is -2.40. The Morgan fingerprint density at radius 3 is 2.52 bits per heavy atom. The van der Waals surface area contributed by atoms with Gasteiger partial charge in [0.2, 0.25) is 0 Å². The van der Waals surface area contributed by atoms with Crippen molar-refractivity contribution in [2.45, 2.75) is 46.4 Å². The van der Waals surface area contributed by atoms with Crippen molar-refractivity contribution in [1.82, 2.24) is 4.57 Å². The quantitative estimate of drug-likeness (QED) is 0.211. The zero-order valence-electron chi connectivity index (χ0n) is 23.8. The highest BCUT2D eigenvalue weighted by Crippen LogP contribution is 2.36. The van der Waals surface area contributed by atoms with Crippen LogP contribution in [0.5, 0.6) is 11.5 Å². The highest BCUT2D eigenvalue weighted by Gasteiger charge is 2.35. The normalized spacial score (nSPS) is 14.9. The van der Waals surface area contributed by atoms with Gasteiger partial charge in [0.1, 0.15) is 24.1 Å². The number of para-hydroxylation sites is 1. The Morgan fingerprint density at radius 2 is 1.81 bits per heavy atom. The lowest BCUT2D eigenvalue weighted by Gasteiger charge is -2.26. The van der Waals surface area contributed by atoms with E-state index in [1.807, 2.05) is 92.7 Å². The number of esters is 1. The fraction of sp³-hybridized carbons (Fsp3) is 0.242. The van der Waals surface area contributed by atoms with Crippen molar-refractivity contribution in [1.29, 1.82) is 0 Å². The smallest absolute Gasteiger partial charge is 0.338 e. The van der Waals surface area contributed by atoms with Crippen molar-refractivity contribution < 1.29 is 19.0 Å². The monoisotopic (exact) mass is 646 g/mol. The molecule has 0 saturated heterocycles. The molecule has 0 spiro atoms. The SMILES string of the molecule is CCOC(=O)C1=C(C)N=c2s/c(=C/c3ccc(OCc4ccccc4)c(Br)c3)c(=O)n2[C@@H]1c1ccccc1OC(C)C. The van der Waals surface area contributed by atoms with Crippen LogP contribution in [0.4, 0.5) is 0 Å². The lowest BCUT2D eigenvalue weighted by atomic mass is 9.95. The molecule has 1 atom stereocenters. The van der Waals surface area contributed by atoms with Crippen LogP contribution in [0.25, 0.3) is 6.08 Å². The summed E-state index contributed by atoms with van der Waals surface area (Å²) in [7, 11) is 0. The number of aromatic nitrogens is 1. The number of allylic oxidation sites excluding steroid dienone is 1. The molecule has 0 bridgehead atoms.